The van der Waals surface area contributed by atoms with Gasteiger partial charge in [-0.3, -0.25) is 9.89 Å². The molecule has 2 fully saturated rings. The summed E-state index contributed by atoms with van der Waals surface area (Å²) in [5, 5.41) is 6.77. The first-order chi connectivity index (χ1) is 12.7. The van der Waals surface area contributed by atoms with Gasteiger partial charge in [0.15, 0.2) is 5.96 Å². The van der Waals surface area contributed by atoms with Crippen LogP contribution in [0, 0.1) is 5.92 Å². The number of hydrogen-bond acceptors (Lipinski definition) is 5. The minimum Gasteiger partial charge on any atom is -0.381 e. The number of hydrogen-bond donors (Lipinski definition) is 2. The third kappa shape index (κ3) is 8.20. The summed E-state index contributed by atoms with van der Waals surface area (Å²) in [6.07, 6.45) is 3.28. The molecular formula is C19H39N5O2. The lowest BCUT2D eigenvalue weighted by Crippen LogP contribution is -2.51. The van der Waals surface area contributed by atoms with Crippen LogP contribution in [0.2, 0.25) is 0 Å². The van der Waals surface area contributed by atoms with E-state index in [1.807, 2.05) is 0 Å². The molecule has 2 N–H and O–H groups in total. The van der Waals surface area contributed by atoms with Gasteiger partial charge in [-0.1, -0.05) is 0 Å². The van der Waals surface area contributed by atoms with Crippen molar-refractivity contribution < 1.29 is 9.47 Å². The molecule has 2 aliphatic heterocycles. The van der Waals surface area contributed by atoms with E-state index in [1.165, 1.54) is 0 Å². The molecule has 152 valence electrons. The fraction of sp³-hybridized carbons (Fsp3) is 0.947. The summed E-state index contributed by atoms with van der Waals surface area (Å²) in [6, 6.07) is 0.493. The van der Waals surface area contributed by atoms with Crippen LogP contribution in [0.1, 0.15) is 26.2 Å². The molecule has 0 bridgehead atoms. The minimum atomic E-state index is 0.493. The molecule has 0 radical (unpaired) electrons. The molecule has 0 aromatic carbocycles. The standard InChI is InChI=1S/C19H39N5O2/c1-4-20-19(22-14-18-15-23(2)9-10-24(18)3)21-8-5-11-26-16-17-6-12-25-13-7-17/h17-18H,4-16H2,1-3H3,(H2,20,21,22). The van der Waals surface area contributed by atoms with Crippen molar-refractivity contribution in [3.8, 4) is 0 Å². The van der Waals surface area contributed by atoms with E-state index in [-0.39, 0.29) is 0 Å². The highest BCUT2D eigenvalue weighted by molar-refractivity contribution is 5.79. The number of guanidine groups is 1. The molecule has 7 nitrogen and oxygen atoms in total. The normalized spacial score (nSPS) is 24.0. The Hall–Kier alpha value is -0.890. The molecular weight excluding hydrogens is 330 g/mol. The van der Waals surface area contributed by atoms with Crippen molar-refractivity contribution in [2.24, 2.45) is 10.9 Å². The van der Waals surface area contributed by atoms with E-state index in [4.69, 9.17) is 14.5 Å². The molecule has 1 unspecified atom stereocenters. The van der Waals surface area contributed by atoms with Crippen LogP contribution >= 0.6 is 0 Å². The molecule has 0 spiro atoms. The van der Waals surface area contributed by atoms with Gasteiger partial charge in [0.25, 0.3) is 0 Å². The van der Waals surface area contributed by atoms with Gasteiger partial charge in [-0.15, -0.1) is 0 Å². The van der Waals surface area contributed by atoms with E-state index in [0.717, 1.165) is 90.9 Å². The SMILES string of the molecule is CCNC(=NCC1CN(C)CCN1C)NCCCOCC1CCOCC1. The van der Waals surface area contributed by atoms with Crippen LogP contribution in [0.3, 0.4) is 0 Å². The number of rotatable bonds is 9. The lowest BCUT2D eigenvalue weighted by Gasteiger charge is -2.36. The third-order valence-corrected chi connectivity index (χ3v) is 5.24. The fourth-order valence-corrected chi connectivity index (χ4v) is 3.38. The minimum absolute atomic E-state index is 0.493. The Morgan fingerprint density at radius 2 is 2.00 bits per heavy atom. The van der Waals surface area contributed by atoms with Gasteiger partial charge in [0.1, 0.15) is 0 Å². The molecule has 2 rings (SSSR count). The number of ether oxygens (including phenoxy) is 2. The number of nitrogens with one attached hydrogen (secondary N) is 2. The van der Waals surface area contributed by atoms with Gasteiger partial charge >= 0.3 is 0 Å². The van der Waals surface area contributed by atoms with E-state index in [2.05, 4.69) is 41.5 Å². The summed E-state index contributed by atoms with van der Waals surface area (Å²) in [5.41, 5.74) is 0. The molecule has 26 heavy (non-hydrogen) atoms. The van der Waals surface area contributed by atoms with Crippen LogP contribution in [-0.2, 0) is 9.47 Å². The Kier molecular flexibility index (Phi) is 10.3. The number of nitrogens with zero attached hydrogens (tertiary/aromatic N) is 3. The molecule has 1 atom stereocenters. The first-order valence-electron chi connectivity index (χ1n) is 10.3. The number of likely N-dealkylation sites (N-methyl/N-ethyl adjacent to an activating group) is 2. The summed E-state index contributed by atoms with van der Waals surface area (Å²) < 4.78 is 11.2. The van der Waals surface area contributed by atoms with Gasteiger partial charge in [0.2, 0.25) is 0 Å². The fourth-order valence-electron chi connectivity index (χ4n) is 3.38. The monoisotopic (exact) mass is 369 g/mol. The second kappa shape index (κ2) is 12.5. The topological polar surface area (TPSA) is 61.4 Å². The lowest BCUT2D eigenvalue weighted by molar-refractivity contribution is 0.0203. The predicted octanol–water partition coefficient (Wildman–Crippen LogP) is 0.621. The van der Waals surface area contributed by atoms with Crippen molar-refractivity contribution in [2.45, 2.75) is 32.2 Å². The molecule has 7 heteroatoms. The Bertz CT molecular complexity index is 401. The van der Waals surface area contributed by atoms with Crippen LogP contribution in [0.5, 0.6) is 0 Å². The quantitative estimate of drug-likeness (QED) is 0.353. The Morgan fingerprint density at radius 1 is 1.19 bits per heavy atom. The molecule has 2 saturated heterocycles. The molecule has 0 aromatic heterocycles. The largest absolute Gasteiger partial charge is 0.381 e. The highest BCUT2D eigenvalue weighted by Gasteiger charge is 2.21. The van der Waals surface area contributed by atoms with Gasteiger partial charge < -0.3 is 25.0 Å². The van der Waals surface area contributed by atoms with Gasteiger partial charge in [-0.2, -0.15) is 0 Å². The average Bonchev–Trinajstić information content (AvgIpc) is 2.65. The van der Waals surface area contributed by atoms with Gasteiger partial charge in [0, 0.05) is 65.2 Å². The van der Waals surface area contributed by atoms with Gasteiger partial charge in [-0.05, 0) is 46.2 Å². The average molecular weight is 370 g/mol. The van der Waals surface area contributed by atoms with Crippen molar-refractivity contribution in [1.29, 1.82) is 0 Å². The van der Waals surface area contributed by atoms with Crippen molar-refractivity contribution in [1.82, 2.24) is 20.4 Å². The van der Waals surface area contributed by atoms with E-state index >= 15 is 0 Å². The summed E-state index contributed by atoms with van der Waals surface area (Å²) in [4.78, 5) is 9.58. The summed E-state index contributed by atoms with van der Waals surface area (Å²) in [5.74, 6) is 1.60. The zero-order valence-corrected chi connectivity index (χ0v) is 17.0. The van der Waals surface area contributed by atoms with Gasteiger partial charge in [-0.25, -0.2) is 0 Å². The Morgan fingerprint density at radius 3 is 2.77 bits per heavy atom. The van der Waals surface area contributed by atoms with Gasteiger partial charge in [0.05, 0.1) is 6.54 Å². The van der Waals surface area contributed by atoms with Crippen LogP contribution in [0.15, 0.2) is 4.99 Å². The number of aliphatic imine (C=N–C) groups is 1. The van der Waals surface area contributed by atoms with Crippen LogP contribution in [0.25, 0.3) is 0 Å². The third-order valence-electron chi connectivity index (χ3n) is 5.24. The first-order valence-corrected chi connectivity index (χ1v) is 10.3. The highest BCUT2D eigenvalue weighted by atomic mass is 16.5. The van der Waals surface area contributed by atoms with E-state index < -0.39 is 0 Å². The maximum atomic E-state index is 5.83. The lowest BCUT2D eigenvalue weighted by atomic mass is 10.0. The predicted molar refractivity (Wildman–Crippen MR) is 107 cm³/mol. The van der Waals surface area contributed by atoms with Crippen molar-refractivity contribution in [3.63, 3.8) is 0 Å². The highest BCUT2D eigenvalue weighted by Crippen LogP contribution is 2.14. The first kappa shape index (κ1) is 21.4. The van der Waals surface area contributed by atoms with Crippen LogP contribution in [-0.4, -0.2) is 102 Å². The second-order valence-electron chi connectivity index (χ2n) is 7.53. The van der Waals surface area contributed by atoms with E-state index in [0.29, 0.717) is 12.0 Å². The molecule has 0 saturated carbocycles. The smallest absolute Gasteiger partial charge is 0.191 e. The van der Waals surface area contributed by atoms with Crippen molar-refractivity contribution >= 4 is 5.96 Å². The maximum Gasteiger partial charge on any atom is 0.191 e. The van der Waals surface area contributed by atoms with Crippen molar-refractivity contribution in [3.05, 3.63) is 0 Å². The van der Waals surface area contributed by atoms with E-state index in [1.54, 1.807) is 0 Å². The maximum absolute atomic E-state index is 5.83. The molecule has 0 aliphatic carbocycles. The zero-order valence-electron chi connectivity index (χ0n) is 17.0. The summed E-state index contributed by atoms with van der Waals surface area (Å²) >= 11 is 0. The summed E-state index contributed by atoms with van der Waals surface area (Å²) in [7, 11) is 4.39. The van der Waals surface area contributed by atoms with Crippen LogP contribution in [0.4, 0.5) is 0 Å². The van der Waals surface area contributed by atoms with Crippen LogP contribution < -0.4 is 10.6 Å². The zero-order chi connectivity index (χ0) is 18.6. The molecule has 0 amide bonds. The van der Waals surface area contributed by atoms with Crippen molar-refractivity contribution in [2.75, 3.05) is 79.8 Å². The van der Waals surface area contributed by atoms with E-state index in [9.17, 15) is 0 Å². The Labute approximate surface area is 159 Å². The molecule has 0 aromatic rings. The summed E-state index contributed by atoms with van der Waals surface area (Å²) in [6.45, 7) is 11.5. The molecule has 2 aliphatic rings. The second-order valence-corrected chi connectivity index (χ2v) is 7.53. The number of piperazine rings is 1. The molecule has 2 heterocycles. The Balaban J connectivity index is 1.60.